The van der Waals surface area contributed by atoms with Crippen molar-refractivity contribution in [2.45, 2.75) is 33.5 Å². The fourth-order valence-corrected chi connectivity index (χ4v) is 3.33. The topological polar surface area (TPSA) is 94.7 Å². The molecule has 1 aromatic carbocycles. The van der Waals surface area contributed by atoms with Crippen molar-refractivity contribution in [3.05, 3.63) is 87.3 Å². The molecule has 9 heteroatoms. The van der Waals surface area contributed by atoms with Crippen LogP contribution in [0.25, 0.3) is 11.0 Å². The van der Waals surface area contributed by atoms with Crippen molar-refractivity contribution in [2.75, 3.05) is 0 Å². The van der Waals surface area contributed by atoms with Crippen molar-refractivity contribution < 1.29 is 9.18 Å². The van der Waals surface area contributed by atoms with Crippen molar-refractivity contribution in [3.8, 4) is 0 Å². The summed E-state index contributed by atoms with van der Waals surface area (Å²) in [4.78, 5) is 30.0. The second-order valence-electron chi connectivity index (χ2n) is 7.16. The smallest absolute Gasteiger partial charge is 0.257 e. The van der Waals surface area contributed by atoms with E-state index in [9.17, 15) is 14.0 Å². The van der Waals surface area contributed by atoms with Crippen LogP contribution in [0.3, 0.4) is 0 Å². The molecule has 4 aromatic rings. The van der Waals surface area contributed by atoms with Crippen molar-refractivity contribution in [3.63, 3.8) is 0 Å². The molecule has 3 heterocycles. The average Bonchev–Trinajstić information content (AvgIpc) is 3.21. The van der Waals surface area contributed by atoms with E-state index in [1.807, 2.05) is 13.8 Å². The lowest BCUT2D eigenvalue weighted by molar-refractivity contribution is 0.0949. The number of hydrogen-bond acceptors (Lipinski definition) is 5. The van der Waals surface area contributed by atoms with E-state index in [0.717, 1.165) is 5.69 Å². The number of rotatable bonds is 6. The van der Waals surface area contributed by atoms with E-state index in [2.05, 4.69) is 20.6 Å². The molecular formula is C22H21FN6O2. The molecule has 0 bridgehead atoms. The van der Waals surface area contributed by atoms with Crippen LogP contribution in [0.15, 0.2) is 53.6 Å². The molecule has 1 amide bonds. The fraction of sp³-hybridized carbons (Fsp3) is 0.227. The third-order valence-corrected chi connectivity index (χ3v) is 4.95. The Balaban J connectivity index is 1.51. The molecule has 0 saturated heterocycles. The number of nitrogens with zero attached hydrogens (tertiary/aromatic N) is 5. The zero-order chi connectivity index (χ0) is 22.0. The van der Waals surface area contributed by atoms with Gasteiger partial charge in [-0.1, -0.05) is 23.4 Å². The summed E-state index contributed by atoms with van der Waals surface area (Å²) in [5, 5.41) is 11.1. The number of aryl methyl sites for hydroxylation is 2. The van der Waals surface area contributed by atoms with Gasteiger partial charge in [0.2, 0.25) is 5.43 Å². The van der Waals surface area contributed by atoms with Gasteiger partial charge in [0.05, 0.1) is 24.7 Å². The minimum absolute atomic E-state index is 0.0405. The molecule has 158 valence electrons. The molecule has 1 N–H and O–H groups in total. The number of benzene rings is 1. The Morgan fingerprint density at radius 3 is 2.74 bits per heavy atom. The largest absolute Gasteiger partial charge is 0.346 e. The lowest BCUT2D eigenvalue weighted by Crippen LogP contribution is -2.29. The minimum Gasteiger partial charge on any atom is -0.346 e. The normalized spacial score (nSPS) is 11.1. The number of hydrogen-bond donors (Lipinski definition) is 1. The first-order valence-electron chi connectivity index (χ1n) is 9.87. The van der Waals surface area contributed by atoms with Gasteiger partial charge in [-0.25, -0.2) is 14.1 Å². The molecule has 0 atom stereocenters. The maximum Gasteiger partial charge on any atom is 0.257 e. The summed E-state index contributed by atoms with van der Waals surface area (Å²) < 4.78 is 17.1. The summed E-state index contributed by atoms with van der Waals surface area (Å²) in [6, 6.07) is 9.87. The van der Waals surface area contributed by atoms with Gasteiger partial charge in [-0.3, -0.25) is 9.59 Å². The van der Waals surface area contributed by atoms with Gasteiger partial charge >= 0.3 is 0 Å². The summed E-state index contributed by atoms with van der Waals surface area (Å²) in [7, 11) is 0. The number of carbonyl (C=O) groups excluding carboxylic acids is 1. The number of carbonyl (C=O) groups is 1. The van der Waals surface area contributed by atoms with E-state index < -0.39 is 5.91 Å². The molecule has 0 aliphatic rings. The third kappa shape index (κ3) is 4.20. The third-order valence-electron chi connectivity index (χ3n) is 4.95. The van der Waals surface area contributed by atoms with E-state index in [0.29, 0.717) is 28.8 Å². The Hall–Kier alpha value is -3.88. The highest BCUT2D eigenvalue weighted by molar-refractivity contribution is 5.96. The van der Waals surface area contributed by atoms with Crippen LogP contribution < -0.4 is 10.7 Å². The fourth-order valence-electron chi connectivity index (χ4n) is 3.33. The van der Waals surface area contributed by atoms with Crippen LogP contribution in [0.1, 0.15) is 34.2 Å². The predicted octanol–water partition coefficient (Wildman–Crippen LogP) is 2.43. The molecule has 8 nitrogen and oxygen atoms in total. The number of halogens is 1. The summed E-state index contributed by atoms with van der Waals surface area (Å²) >= 11 is 0. The second-order valence-corrected chi connectivity index (χ2v) is 7.16. The van der Waals surface area contributed by atoms with Crippen LogP contribution in [-0.2, 0) is 19.6 Å². The highest BCUT2D eigenvalue weighted by atomic mass is 19.1. The molecule has 4 rings (SSSR count). The van der Waals surface area contributed by atoms with Gasteiger partial charge in [0.15, 0.2) is 0 Å². The zero-order valence-corrected chi connectivity index (χ0v) is 17.2. The molecule has 0 aliphatic heterocycles. The standard InChI is InChI=1S/C22H21FN6O2/c1-3-28-13-18(20(30)17-9-8-14(2)25-21(17)28)22(31)24-10-16-12-29(27-26-16)11-15-6-4-5-7-19(15)23/h4-9,12-13H,3,10-11H2,1-2H3,(H,24,31). The van der Waals surface area contributed by atoms with Crippen molar-refractivity contribution in [1.82, 2.24) is 29.9 Å². The molecule has 0 fully saturated rings. The van der Waals surface area contributed by atoms with E-state index in [-0.39, 0.29) is 29.9 Å². The van der Waals surface area contributed by atoms with Crippen LogP contribution >= 0.6 is 0 Å². The van der Waals surface area contributed by atoms with Gasteiger partial charge in [-0.05, 0) is 32.0 Å². The van der Waals surface area contributed by atoms with Crippen LogP contribution in [0, 0.1) is 12.7 Å². The summed E-state index contributed by atoms with van der Waals surface area (Å²) in [5.74, 6) is -0.820. The van der Waals surface area contributed by atoms with Gasteiger partial charge in [-0.15, -0.1) is 5.10 Å². The first-order chi connectivity index (χ1) is 15.0. The molecular weight excluding hydrogens is 399 g/mol. The van der Waals surface area contributed by atoms with Crippen molar-refractivity contribution in [1.29, 1.82) is 0 Å². The maximum absolute atomic E-state index is 13.8. The molecule has 0 radical (unpaired) electrons. The number of amides is 1. The van der Waals surface area contributed by atoms with E-state index in [4.69, 9.17) is 0 Å². The number of aromatic nitrogens is 5. The average molecular weight is 420 g/mol. The Morgan fingerprint density at radius 1 is 1.16 bits per heavy atom. The predicted molar refractivity (Wildman–Crippen MR) is 113 cm³/mol. The Bertz CT molecular complexity index is 1330. The molecule has 0 saturated carbocycles. The van der Waals surface area contributed by atoms with Gasteiger partial charge in [0.25, 0.3) is 5.91 Å². The summed E-state index contributed by atoms with van der Waals surface area (Å²) in [6.07, 6.45) is 3.16. The SMILES string of the molecule is CCn1cc(C(=O)NCc2cn(Cc3ccccc3F)nn2)c(=O)c2ccc(C)nc21. The Kier molecular flexibility index (Phi) is 5.57. The molecule has 0 aliphatic carbocycles. The van der Waals surface area contributed by atoms with E-state index in [1.54, 1.807) is 41.1 Å². The van der Waals surface area contributed by atoms with Gasteiger partial charge in [0, 0.05) is 24.0 Å². The Labute approximate surface area is 177 Å². The number of nitrogens with one attached hydrogen (secondary N) is 1. The lowest BCUT2D eigenvalue weighted by atomic mass is 10.1. The second kappa shape index (κ2) is 8.47. The van der Waals surface area contributed by atoms with Crippen LogP contribution in [0.5, 0.6) is 0 Å². The van der Waals surface area contributed by atoms with Gasteiger partial charge < -0.3 is 9.88 Å². The molecule has 31 heavy (non-hydrogen) atoms. The Morgan fingerprint density at radius 2 is 1.97 bits per heavy atom. The van der Waals surface area contributed by atoms with E-state index >= 15 is 0 Å². The van der Waals surface area contributed by atoms with Crippen LogP contribution in [0.2, 0.25) is 0 Å². The molecule has 3 aromatic heterocycles. The minimum atomic E-state index is -0.502. The lowest BCUT2D eigenvalue weighted by Gasteiger charge is -2.11. The quantitative estimate of drug-likeness (QED) is 0.517. The summed E-state index contributed by atoms with van der Waals surface area (Å²) in [5.41, 5.74) is 2.01. The van der Waals surface area contributed by atoms with E-state index in [1.165, 1.54) is 16.9 Å². The zero-order valence-electron chi connectivity index (χ0n) is 17.2. The highest BCUT2D eigenvalue weighted by Gasteiger charge is 2.16. The molecule has 0 unspecified atom stereocenters. The first-order valence-corrected chi connectivity index (χ1v) is 9.87. The first kappa shape index (κ1) is 20.4. The van der Waals surface area contributed by atoms with Gasteiger partial charge in [0.1, 0.15) is 22.7 Å². The monoisotopic (exact) mass is 420 g/mol. The number of pyridine rings is 2. The van der Waals surface area contributed by atoms with Gasteiger partial charge in [-0.2, -0.15) is 0 Å². The highest BCUT2D eigenvalue weighted by Crippen LogP contribution is 2.11. The maximum atomic E-state index is 13.8. The molecule has 0 spiro atoms. The van der Waals surface area contributed by atoms with Crippen molar-refractivity contribution in [2.24, 2.45) is 0 Å². The summed E-state index contributed by atoms with van der Waals surface area (Å²) in [6.45, 7) is 4.66. The van der Waals surface area contributed by atoms with Crippen LogP contribution in [0.4, 0.5) is 4.39 Å². The number of fused-ring (bicyclic) bond motifs is 1. The van der Waals surface area contributed by atoms with Crippen molar-refractivity contribution >= 4 is 16.9 Å². The van der Waals surface area contributed by atoms with Crippen LogP contribution in [-0.4, -0.2) is 30.5 Å².